The molecule has 1 saturated heterocycles. The number of likely N-dealkylation sites (tertiary alicyclic amines) is 1. The lowest BCUT2D eigenvalue weighted by molar-refractivity contribution is -0.143. The summed E-state index contributed by atoms with van der Waals surface area (Å²) < 4.78 is 0. The Morgan fingerprint density at radius 2 is 2.17 bits per heavy atom. The third-order valence-electron chi connectivity index (χ3n) is 3.09. The van der Waals surface area contributed by atoms with Gasteiger partial charge in [-0.1, -0.05) is 0 Å². The molecule has 1 aliphatic heterocycles. The van der Waals surface area contributed by atoms with E-state index in [1.807, 2.05) is 0 Å². The number of amides is 1. The number of carboxylic acids is 1. The number of carboxylic acid groups (broad SMARTS) is 1. The highest BCUT2D eigenvalue weighted by Crippen LogP contribution is 2.18. The van der Waals surface area contributed by atoms with E-state index in [-0.39, 0.29) is 18.0 Å². The van der Waals surface area contributed by atoms with Crippen molar-refractivity contribution in [1.82, 2.24) is 9.88 Å². The van der Waals surface area contributed by atoms with Crippen LogP contribution in [0, 0.1) is 5.92 Å². The van der Waals surface area contributed by atoms with Gasteiger partial charge in [-0.25, -0.2) is 0 Å². The Hall–Kier alpha value is -2.11. The molecule has 1 aliphatic rings. The van der Waals surface area contributed by atoms with Gasteiger partial charge in [0.25, 0.3) is 5.91 Å². The second-order valence-electron chi connectivity index (χ2n) is 4.37. The van der Waals surface area contributed by atoms with Crippen LogP contribution >= 0.6 is 0 Å². The van der Waals surface area contributed by atoms with Crippen LogP contribution in [0.4, 0.5) is 0 Å². The molecule has 1 amide bonds. The van der Waals surface area contributed by atoms with Gasteiger partial charge < -0.3 is 15.0 Å². The van der Waals surface area contributed by atoms with E-state index >= 15 is 0 Å². The highest BCUT2D eigenvalue weighted by Gasteiger charge is 2.28. The smallest absolute Gasteiger partial charge is 0.308 e. The first kappa shape index (κ1) is 12.3. The van der Waals surface area contributed by atoms with E-state index < -0.39 is 11.9 Å². The van der Waals surface area contributed by atoms with Gasteiger partial charge in [0.05, 0.1) is 11.5 Å². The molecular formula is C12H14N2O4. The number of H-pyrrole nitrogens is 1. The second-order valence-corrected chi connectivity index (χ2v) is 4.37. The molecule has 18 heavy (non-hydrogen) atoms. The Bertz CT molecular complexity index is 503. The van der Waals surface area contributed by atoms with Crippen molar-refractivity contribution in [3.8, 4) is 0 Å². The van der Waals surface area contributed by atoms with Gasteiger partial charge >= 0.3 is 5.97 Å². The van der Waals surface area contributed by atoms with E-state index in [0.29, 0.717) is 24.9 Å². The van der Waals surface area contributed by atoms with E-state index in [1.165, 1.54) is 23.2 Å². The largest absolute Gasteiger partial charge is 0.481 e. The van der Waals surface area contributed by atoms with Crippen LogP contribution in [0.1, 0.15) is 23.2 Å². The van der Waals surface area contributed by atoms with Gasteiger partial charge in [0.1, 0.15) is 0 Å². The Morgan fingerprint density at radius 1 is 1.39 bits per heavy atom. The average Bonchev–Trinajstić information content (AvgIpc) is 2.39. The van der Waals surface area contributed by atoms with Gasteiger partial charge in [0.2, 0.25) is 5.56 Å². The summed E-state index contributed by atoms with van der Waals surface area (Å²) in [6.07, 6.45) is 2.64. The minimum Gasteiger partial charge on any atom is -0.481 e. The molecule has 0 saturated carbocycles. The Balaban J connectivity index is 2.11. The topological polar surface area (TPSA) is 90.5 Å². The number of carbonyl (C=O) groups is 2. The number of aliphatic carboxylic acids is 1. The van der Waals surface area contributed by atoms with E-state index in [2.05, 4.69) is 4.98 Å². The first-order valence-corrected chi connectivity index (χ1v) is 5.79. The number of aromatic nitrogens is 1. The zero-order valence-corrected chi connectivity index (χ0v) is 9.76. The van der Waals surface area contributed by atoms with Crippen LogP contribution in [0.3, 0.4) is 0 Å². The standard InChI is InChI=1S/C12H14N2O4/c15-10-4-3-8(6-13-10)11(16)14-5-1-2-9(7-14)12(17)18/h3-4,6,9H,1-2,5,7H2,(H,13,15)(H,17,18)/t9-/m0/s1. The first-order chi connectivity index (χ1) is 8.58. The second kappa shape index (κ2) is 5.03. The van der Waals surface area contributed by atoms with Crippen molar-refractivity contribution in [3.05, 3.63) is 34.2 Å². The molecule has 0 aromatic carbocycles. The van der Waals surface area contributed by atoms with E-state index in [9.17, 15) is 14.4 Å². The Morgan fingerprint density at radius 3 is 2.78 bits per heavy atom. The van der Waals surface area contributed by atoms with Crippen LogP contribution in [-0.2, 0) is 4.79 Å². The molecule has 2 N–H and O–H groups in total. The third-order valence-corrected chi connectivity index (χ3v) is 3.09. The number of nitrogens with zero attached hydrogens (tertiary/aromatic N) is 1. The molecule has 6 nitrogen and oxygen atoms in total. The number of hydrogen-bond acceptors (Lipinski definition) is 3. The summed E-state index contributed by atoms with van der Waals surface area (Å²) in [4.78, 5) is 37.9. The van der Waals surface area contributed by atoms with Crippen LogP contribution in [0.2, 0.25) is 0 Å². The van der Waals surface area contributed by atoms with Crippen LogP contribution in [0.25, 0.3) is 0 Å². The Kier molecular flexibility index (Phi) is 3.45. The molecule has 1 fully saturated rings. The van der Waals surface area contributed by atoms with Gasteiger partial charge in [0.15, 0.2) is 0 Å². The highest BCUT2D eigenvalue weighted by atomic mass is 16.4. The zero-order chi connectivity index (χ0) is 13.1. The molecule has 0 spiro atoms. The SMILES string of the molecule is O=C(O)[C@H]1CCCN(C(=O)c2ccc(=O)[nH]c2)C1. The lowest BCUT2D eigenvalue weighted by Gasteiger charge is -2.30. The van der Waals surface area contributed by atoms with Gasteiger partial charge in [-0.15, -0.1) is 0 Å². The van der Waals surface area contributed by atoms with Gasteiger partial charge in [-0.3, -0.25) is 14.4 Å². The summed E-state index contributed by atoms with van der Waals surface area (Å²) in [6, 6.07) is 2.73. The van der Waals surface area contributed by atoms with Crippen molar-refractivity contribution in [2.45, 2.75) is 12.8 Å². The average molecular weight is 250 g/mol. The molecule has 2 rings (SSSR count). The van der Waals surface area contributed by atoms with Crippen LogP contribution in [-0.4, -0.2) is 40.0 Å². The summed E-state index contributed by atoms with van der Waals surface area (Å²) in [7, 11) is 0. The molecule has 0 radical (unpaired) electrons. The Labute approximate surface area is 103 Å². The number of piperidine rings is 1. The fourth-order valence-corrected chi connectivity index (χ4v) is 2.09. The zero-order valence-electron chi connectivity index (χ0n) is 9.76. The molecule has 0 aliphatic carbocycles. The number of carbonyl (C=O) groups excluding carboxylic acids is 1. The van der Waals surface area contributed by atoms with Gasteiger partial charge in [-0.05, 0) is 18.9 Å². The maximum atomic E-state index is 12.1. The predicted octanol–water partition coefficient (Wildman–Crippen LogP) is 0.312. The molecule has 1 atom stereocenters. The van der Waals surface area contributed by atoms with Crippen LogP contribution in [0.5, 0.6) is 0 Å². The number of pyridine rings is 1. The van der Waals surface area contributed by atoms with E-state index in [0.717, 1.165) is 0 Å². The fourth-order valence-electron chi connectivity index (χ4n) is 2.09. The first-order valence-electron chi connectivity index (χ1n) is 5.79. The molecule has 0 bridgehead atoms. The molecule has 0 unspecified atom stereocenters. The summed E-state index contributed by atoms with van der Waals surface area (Å²) in [5, 5.41) is 8.96. The molecule has 6 heteroatoms. The quantitative estimate of drug-likeness (QED) is 0.790. The number of nitrogens with one attached hydrogen (secondary N) is 1. The van der Waals surface area contributed by atoms with Crippen molar-refractivity contribution >= 4 is 11.9 Å². The monoisotopic (exact) mass is 250 g/mol. The van der Waals surface area contributed by atoms with Crippen molar-refractivity contribution < 1.29 is 14.7 Å². The molecule has 1 aromatic rings. The minimum atomic E-state index is -0.867. The van der Waals surface area contributed by atoms with Crippen molar-refractivity contribution in [2.24, 2.45) is 5.92 Å². The summed E-state index contributed by atoms with van der Waals surface area (Å²) >= 11 is 0. The van der Waals surface area contributed by atoms with Gasteiger partial charge in [0, 0.05) is 25.4 Å². The van der Waals surface area contributed by atoms with Crippen LogP contribution < -0.4 is 5.56 Å². The lowest BCUT2D eigenvalue weighted by Crippen LogP contribution is -2.42. The summed E-state index contributed by atoms with van der Waals surface area (Å²) in [5.41, 5.74) is 0.106. The minimum absolute atomic E-state index is 0.229. The normalized spacial score (nSPS) is 19.6. The van der Waals surface area contributed by atoms with E-state index in [1.54, 1.807) is 0 Å². The highest BCUT2D eigenvalue weighted by molar-refractivity contribution is 5.94. The van der Waals surface area contributed by atoms with Crippen molar-refractivity contribution in [2.75, 3.05) is 13.1 Å². The molecule has 1 aromatic heterocycles. The van der Waals surface area contributed by atoms with Crippen molar-refractivity contribution in [1.29, 1.82) is 0 Å². The summed E-state index contributed by atoms with van der Waals surface area (Å²) in [6.45, 7) is 0.787. The maximum Gasteiger partial charge on any atom is 0.308 e. The molecule has 96 valence electrons. The molecular weight excluding hydrogens is 236 g/mol. The van der Waals surface area contributed by atoms with Crippen molar-refractivity contribution in [3.63, 3.8) is 0 Å². The molecule has 2 heterocycles. The maximum absolute atomic E-state index is 12.1. The third kappa shape index (κ3) is 2.58. The number of aromatic amines is 1. The number of hydrogen-bond donors (Lipinski definition) is 2. The van der Waals surface area contributed by atoms with E-state index in [4.69, 9.17) is 5.11 Å². The fraction of sp³-hybridized carbons (Fsp3) is 0.417. The lowest BCUT2D eigenvalue weighted by atomic mass is 9.98. The summed E-state index contributed by atoms with van der Waals surface area (Å²) in [5.74, 6) is -1.60. The number of rotatable bonds is 2. The van der Waals surface area contributed by atoms with Gasteiger partial charge in [-0.2, -0.15) is 0 Å². The predicted molar refractivity (Wildman–Crippen MR) is 63.3 cm³/mol. The van der Waals surface area contributed by atoms with Crippen LogP contribution in [0.15, 0.2) is 23.1 Å².